The van der Waals surface area contributed by atoms with Gasteiger partial charge in [0.2, 0.25) is 5.91 Å². The van der Waals surface area contributed by atoms with Gasteiger partial charge in [-0.25, -0.2) is 0 Å². The van der Waals surface area contributed by atoms with Gasteiger partial charge in [0.1, 0.15) is 0 Å². The highest BCUT2D eigenvalue weighted by Gasteiger charge is 2.33. The largest absolute Gasteiger partial charge is 0.373 e. The Morgan fingerprint density at radius 1 is 1.19 bits per heavy atom. The first-order chi connectivity index (χ1) is 12.7. The van der Waals surface area contributed by atoms with E-state index in [2.05, 4.69) is 50.2 Å². The molecule has 7 heteroatoms. The van der Waals surface area contributed by atoms with Gasteiger partial charge >= 0.3 is 0 Å². The van der Waals surface area contributed by atoms with Crippen molar-refractivity contribution >= 4 is 11.9 Å². The lowest BCUT2D eigenvalue weighted by Gasteiger charge is -2.44. The summed E-state index contributed by atoms with van der Waals surface area (Å²) in [6.07, 6.45) is 2.05. The highest BCUT2D eigenvalue weighted by atomic mass is 16.5. The monoisotopic (exact) mass is 381 g/mol. The van der Waals surface area contributed by atoms with E-state index in [0.29, 0.717) is 13.0 Å². The molecule has 3 unspecified atom stereocenters. The van der Waals surface area contributed by atoms with Crippen molar-refractivity contribution in [3.8, 4) is 0 Å². The Kier molecular flexibility index (Phi) is 7.91. The molecule has 2 heterocycles. The molecule has 0 aromatic carbocycles. The first-order valence-electron chi connectivity index (χ1n) is 10.5. The predicted molar refractivity (Wildman–Crippen MR) is 110 cm³/mol. The van der Waals surface area contributed by atoms with Crippen LogP contribution >= 0.6 is 0 Å². The van der Waals surface area contributed by atoms with Crippen LogP contribution in [0.5, 0.6) is 0 Å². The number of ether oxygens (including phenoxy) is 1. The molecular formula is C20H39N5O2. The zero-order chi connectivity index (χ0) is 20.0. The molecule has 2 saturated heterocycles. The van der Waals surface area contributed by atoms with Gasteiger partial charge in [-0.05, 0) is 41.0 Å². The summed E-state index contributed by atoms with van der Waals surface area (Å²) in [4.78, 5) is 21.2. The number of guanidine groups is 1. The van der Waals surface area contributed by atoms with Gasteiger partial charge < -0.3 is 20.3 Å². The number of aliphatic imine (C=N–C) groups is 1. The molecule has 2 fully saturated rings. The summed E-state index contributed by atoms with van der Waals surface area (Å²) in [6, 6.07) is 0.268. The summed E-state index contributed by atoms with van der Waals surface area (Å²) in [5, 5.41) is 6.87. The Hall–Kier alpha value is -1.34. The average Bonchev–Trinajstić information content (AvgIpc) is 3.07. The number of hydrogen-bond donors (Lipinski definition) is 2. The standard InChI is InChI=1S/C20H39N5O2/c1-7-18(26)24-10-9-17(13-24)23-19(21-8-2)22-14-20(5,6)25-11-15(3)27-16(4)12-25/h15-17H,7-14H2,1-6H3,(H2,21,22,23). The van der Waals surface area contributed by atoms with Crippen molar-refractivity contribution in [1.82, 2.24) is 20.4 Å². The van der Waals surface area contributed by atoms with Gasteiger partial charge in [-0.2, -0.15) is 0 Å². The first kappa shape index (κ1) is 22.0. The number of hydrogen-bond acceptors (Lipinski definition) is 4. The fourth-order valence-corrected chi connectivity index (χ4v) is 3.89. The molecule has 7 nitrogen and oxygen atoms in total. The number of nitrogens with one attached hydrogen (secondary N) is 2. The van der Waals surface area contributed by atoms with Crippen molar-refractivity contribution in [2.45, 2.75) is 78.2 Å². The van der Waals surface area contributed by atoms with Gasteiger partial charge in [-0.3, -0.25) is 14.7 Å². The lowest BCUT2D eigenvalue weighted by atomic mass is 10.0. The Morgan fingerprint density at radius 2 is 1.85 bits per heavy atom. The maximum atomic E-state index is 11.9. The predicted octanol–water partition coefficient (Wildman–Crippen LogP) is 1.44. The van der Waals surface area contributed by atoms with E-state index in [1.807, 2.05) is 11.8 Å². The molecule has 0 aromatic rings. The normalized spacial score (nSPS) is 27.7. The lowest BCUT2D eigenvalue weighted by Crippen LogP contribution is -2.56. The zero-order valence-corrected chi connectivity index (χ0v) is 18.0. The zero-order valence-electron chi connectivity index (χ0n) is 18.0. The van der Waals surface area contributed by atoms with E-state index in [9.17, 15) is 4.79 Å². The summed E-state index contributed by atoms with van der Waals surface area (Å²) in [5.74, 6) is 1.08. The van der Waals surface area contributed by atoms with Crippen LogP contribution in [0.15, 0.2) is 4.99 Å². The molecule has 2 aliphatic rings. The summed E-state index contributed by atoms with van der Waals surface area (Å²) in [7, 11) is 0. The van der Waals surface area contributed by atoms with E-state index >= 15 is 0 Å². The van der Waals surface area contributed by atoms with E-state index in [4.69, 9.17) is 9.73 Å². The molecule has 27 heavy (non-hydrogen) atoms. The Morgan fingerprint density at radius 3 is 2.44 bits per heavy atom. The van der Waals surface area contributed by atoms with E-state index in [-0.39, 0.29) is 29.7 Å². The van der Waals surface area contributed by atoms with Crippen molar-refractivity contribution in [1.29, 1.82) is 0 Å². The third-order valence-corrected chi connectivity index (χ3v) is 5.43. The van der Waals surface area contributed by atoms with Gasteiger partial charge in [-0.1, -0.05) is 6.92 Å². The van der Waals surface area contributed by atoms with Crippen LogP contribution in [-0.2, 0) is 9.53 Å². The molecule has 0 saturated carbocycles. The van der Waals surface area contributed by atoms with Crippen LogP contribution < -0.4 is 10.6 Å². The minimum atomic E-state index is -0.0332. The molecule has 0 aromatic heterocycles. The molecule has 2 rings (SSSR count). The average molecular weight is 382 g/mol. The van der Waals surface area contributed by atoms with Crippen LogP contribution in [0.25, 0.3) is 0 Å². The van der Waals surface area contributed by atoms with Crippen molar-refractivity contribution < 1.29 is 9.53 Å². The number of carbonyl (C=O) groups is 1. The lowest BCUT2D eigenvalue weighted by molar-refractivity contribution is -0.129. The fraction of sp³-hybridized carbons (Fsp3) is 0.900. The van der Waals surface area contributed by atoms with E-state index < -0.39 is 0 Å². The second kappa shape index (κ2) is 9.73. The van der Waals surface area contributed by atoms with Gasteiger partial charge in [0.05, 0.1) is 18.8 Å². The molecule has 156 valence electrons. The van der Waals surface area contributed by atoms with Crippen molar-refractivity contribution in [2.24, 2.45) is 4.99 Å². The number of rotatable bonds is 6. The molecular weight excluding hydrogens is 342 g/mol. The third-order valence-electron chi connectivity index (χ3n) is 5.43. The smallest absolute Gasteiger partial charge is 0.222 e. The summed E-state index contributed by atoms with van der Waals surface area (Å²) < 4.78 is 5.87. The molecule has 0 bridgehead atoms. The highest BCUT2D eigenvalue weighted by Crippen LogP contribution is 2.21. The van der Waals surface area contributed by atoms with E-state index in [1.165, 1.54) is 0 Å². The fourth-order valence-electron chi connectivity index (χ4n) is 3.89. The second-order valence-corrected chi connectivity index (χ2v) is 8.49. The maximum Gasteiger partial charge on any atom is 0.222 e. The van der Waals surface area contributed by atoms with Crippen LogP contribution in [-0.4, -0.2) is 84.7 Å². The van der Waals surface area contributed by atoms with Gasteiger partial charge in [0.25, 0.3) is 0 Å². The van der Waals surface area contributed by atoms with Crippen LogP contribution in [0.2, 0.25) is 0 Å². The minimum Gasteiger partial charge on any atom is -0.373 e. The molecule has 2 N–H and O–H groups in total. The van der Waals surface area contributed by atoms with Crippen molar-refractivity contribution in [3.05, 3.63) is 0 Å². The van der Waals surface area contributed by atoms with Gasteiger partial charge in [0.15, 0.2) is 5.96 Å². The van der Waals surface area contributed by atoms with Crippen LogP contribution in [0.3, 0.4) is 0 Å². The molecule has 0 spiro atoms. The quantitative estimate of drug-likeness (QED) is 0.538. The van der Waals surface area contributed by atoms with Crippen LogP contribution in [0.4, 0.5) is 0 Å². The van der Waals surface area contributed by atoms with Crippen molar-refractivity contribution in [2.75, 3.05) is 39.3 Å². The molecule has 1 amide bonds. The highest BCUT2D eigenvalue weighted by molar-refractivity contribution is 5.80. The number of amides is 1. The minimum absolute atomic E-state index is 0.0332. The van der Waals surface area contributed by atoms with Crippen LogP contribution in [0.1, 0.15) is 54.4 Å². The SMILES string of the molecule is CCNC(=NCC(C)(C)N1CC(C)OC(C)C1)NC1CCN(C(=O)CC)C1. The molecule has 0 radical (unpaired) electrons. The molecule has 0 aliphatic carbocycles. The Bertz CT molecular complexity index is 513. The maximum absolute atomic E-state index is 11.9. The Labute approximate surface area is 164 Å². The van der Waals surface area contributed by atoms with Crippen LogP contribution in [0, 0.1) is 0 Å². The number of nitrogens with zero attached hydrogens (tertiary/aromatic N) is 3. The number of carbonyl (C=O) groups excluding carboxylic acids is 1. The van der Waals surface area contributed by atoms with E-state index in [0.717, 1.165) is 45.1 Å². The second-order valence-electron chi connectivity index (χ2n) is 8.49. The summed E-state index contributed by atoms with van der Waals surface area (Å²) >= 11 is 0. The Balaban J connectivity index is 1.95. The summed E-state index contributed by atoms with van der Waals surface area (Å²) in [6.45, 7) is 17.8. The molecule has 2 aliphatic heterocycles. The first-order valence-corrected chi connectivity index (χ1v) is 10.5. The molecule has 3 atom stereocenters. The number of likely N-dealkylation sites (tertiary alicyclic amines) is 1. The third kappa shape index (κ3) is 6.35. The van der Waals surface area contributed by atoms with Gasteiger partial charge in [-0.15, -0.1) is 0 Å². The van der Waals surface area contributed by atoms with Gasteiger partial charge in [0, 0.05) is 50.7 Å². The van der Waals surface area contributed by atoms with Crippen molar-refractivity contribution in [3.63, 3.8) is 0 Å². The summed E-state index contributed by atoms with van der Waals surface area (Å²) in [5.41, 5.74) is -0.0332. The topological polar surface area (TPSA) is 69.2 Å². The van der Waals surface area contributed by atoms with E-state index in [1.54, 1.807) is 0 Å². The number of morpholine rings is 1.